The quantitative estimate of drug-likeness (QED) is 0.459. The lowest BCUT2D eigenvalue weighted by Gasteiger charge is -2.32. The third kappa shape index (κ3) is 7.46. The van der Waals surface area contributed by atoms with E-state index in [1.54, 1.807) is 31.2 Å². The molecule has 2 amide bonds. The SMILES string of the molecule is CC[C@H](C)NC(=O)[C@H](C)N(Cc1cccc(Br)c1)C(=O)CN(c1ccccc1OC)S(C)(=O)=O. The topological polar surface area (TPSA) is 96.0 Å². The van der Waals surface area contributed by atoms with E-state index in [-0.39, 0.29) is 24.2 Å². The summed E-state index contributed by atoms with van der Waals surface area (Å²) in [5.74, 6) is -0.495. The molecular weight excluding hydrogens is 522 g/mol. The summed E-state index contributed by atoms with van der Waals surface area (Å²) in [4.78, 5) is 27.8. The van der Waals surface area contributed by atoms with Crippen LogP contribution in [0.3, 0.4) is 0 Å². The summed E-state index contributed by atoms with van der Waals surface area (Å²) in [5.41, 5.74) is 1.05. The van der Waals surface area contributed by atoms with Crippen LogP contribution >= 0.6 is 15.9 Å². The summed E-state index contributed by atoms with van der Waals surface area (Å²) < 4.78 is 32.5. The van der Waals surface area contributed by atoms with Gasteiger partial charge in [0.15, 0.2) is 0 Å². The lowest BCUT2D eigenvalue weighted by molar-refractivity contribution is -0.139. The van der Waals surface area contributed by atoms with Gasteiger partial charge in [0.2, 0.25) is 21.8 Å². The molecule has 0 saturated heterocycles. The number of halogens is 1. The molecule has 0 unspecified atom stereocenters. The molecule has 0 aliphatic rings. The summed E-state index contributed by atoms with van der Waals surface area (Å²) in [6.45, 7) is 5.14. The van der Waals surface area contributed by atoms with Crippen LogP contribution < -0.4 is 14.4 Å². The molecule has 8 nitrogen and oxygen atoms in total. The van der Waals surface area contributed by atoms with Gasteiger partial charge in [-0.1, -0.05) is 47.1 Å². The summed E-state index contributed by atoms with van der Waals surface area (Å²) >= 11 is 3.43. The van der Waals surface area contributed by atoms with Gasteiger partial charge in [0, 0.05) is 17.1 Å². The number of hydrogen-bond acceptors (Lipinski definition) is 5. The Morgan fingerprint density at radius 3 is 2.38 bits per heavy atom. The molecule has 0 aliphatic heterocycles. The highest BCUT2D eigenvalue weighted by atomic mass is 79.9. The van der Waals surface area contributed by atoms with Gasteiger partial charge in [0.1, 0.15) is 18.3 Å². The number of rotatable bonds is 11. The molecule has 186 valence electrons. The van der Waals surface area contributed by atoms with Crippen molar-refractivity contribution in [2.75, 3.05) is 24.2 Å². The number of methoxy groups -OCH3 is 1. The smallest absolute Gasteiger partial charge is 0.244 e. The van der Waals surface area contributed by atoms with Crippen LogP contribution in [0.4, 0.5) is 5.69 Å². The molecule has 0 aromatic heterocycles. The second-order valence-electron chi connectivity index (χ2n) is 8.09. The fraction of sp³-hybridized carbons (Fsp3) is 0.417. The molecule has 0 fully saturated rings. The lowest BCUT2D eigenvalue weighted by Crippen LogP contribution is -2.52. The van der Waals surface area contributed by atoms with Crippen LogP contribution in [-0.4, -0.2) is 57.1 Å². The van der Waals surface area contributed by atoms with Crippen LogP contribution in [0.25, 0.3) is 0 Å². The van der Waals surface area contributed by atoms with Crippen LogP contribution in [0.1, 0.15) is 32.8 Å². The van der Waals surface area contributed by atoms with Gasteiger partial charge in [-0.2, -0.15) is 0 Å². The molecule has 34 heavy (non-hydrogen) atoms. The number of sulfonamides is 1. The highest BCUT2D eigenvalue weighted by Crippen LogP contribution is 2.29. The van der Waals surface area contributed by atoms with Crippen molar-refractivity contribution >= 4 is 43.5 Å². The van der Waals surface area contributed by atoms with E-state index in [0.29, 0.717) is 5.75 Å². The Bertz CT molecular complexity index is 1110. The van der Waals surface area contributed by atoms with Gasteiger partial charge in [-0.15, -0.1) is 0 Å². The number of ether oxygens (including phenoxy) is 1. The molecule has 1 N–H and O–H groups in total. The standard InChI is InChI=1S/C24H32BrN3O5S/c1-6-17(2)26-24(30)18(3)27(15-19-10-9-11-20(25)14-19)23(29)16-28(34(5,31)32)21-12-7-8-13-22(21)33-4/h7-14,17-18H,6,15-16H2,1-5H3,(H,26,30)/t17-,18-/m0/s1. The molecule has 2 rings (SSSR count). The Morgan fingerprint density at radius 1 is 1.12 bits per heavy atom. The zero-order valence-corrected chi connectivity index (χ0v) is 22.5. The number of nitrogens with one attached hydrogen (secondary N) is 1. The molecule has 0 heterocycles. The van der Waals surface area contributed by atoms with Gasteiger partial charge in [-0.25, -0.2) is 8.42 Å². The zero-order chi connectivity index (χ0) is 25.5. The van der Waals surface area contributed by atoms with Gasteiger partial charge < -0.3 is 15.0 Å². The predicted molar refractivity (Wildman–Crippen MR) is 137 cm³/mol. The summed E-state index contributed by atoms with van der Waals surface area (Å²) in [7, 11) is -2.40. The molecule has 0 aliphatic carbocycles. The molecule has 2 aromatic rings. The average Bonchev–Trinajstić information content (AvgIpc) is 2.79. The molecule has 2 aromatic carbocycles. The minimum Gasteiger partial charge on any atom is -0.495 e. The fourth-order valence-electron chi connectivity index (χ4n) is 3.31. The van der Waals surface area contributed by atoms with Gasteiger partial charge in [0.25, 0.3) is 0 Å². The highest BCUT2D eigenvalue weighted by Gasteiger charge is 2.31. The number of nitrogens with zero attached hydrogens (tertiary/aromatic N) is 2. The average molecular weight is 555 g/mol. The van der Waals surface area contributed by atoms with E-state index in [0.717, 1.165) is 27.0 Å². The zero-order valence-electron chi connectivity index (χ0n) is 20.1. The lowest BCUT2D eigenvalue weighted by atomic mass is 10.1. The van der Waals surface area contributed by atoms with Gasteiger partial charge >= 0.3 is 0 Å². The largest absolute Gasteiger partial charge is 0.495 e. The first-order valence-corrected chi connectivity index (χ1v) is 13.6. The maximum absolute atomic E-state index is 13.6. The van der Waals surface area contributed by atoms with E-state index < -0.39 is 28.5 Å². The first kappa shape index (κ1) is 27.7. The normalized spacial score (nSPS) is 13.0. The number of anilines is 1. The molecule has 0 spiro atoms. The maximum Gasteiger partial charge on any atom is 0.244 e. The Hall–Kier alpha value is -2.59. The molecular formula is C24H32BrN3O5S. The number of carbonyl (C=O) groups is 2. The first-order valence-electron chi connectivity index (χ1n) is 10.9. The molecule has 2 atom stereocenters. The first-order chi connectivity index (χ1) is 16.0. The Kier molecular flexibility index (Phi) is 9.93. The predicted octanol–water partition coefficient (Wildman–Crippen LogP) is 3.56. The van der Waals surface area contributed by atoms with E-state index in [4.69, 9.17) is 4.74 Å². The van der Waals surface area contributed by atoms with Crippen molar-refractivity contribution in [1.82, 2.24) is 10.2 Å². The Balaban J connectivity index is 2.42. The molecule has 0 bridgehead atoms. The second kappa shape index (κ2) is 12.2. The van der Waals surface area contributed by atoms with E-state index in [2.05, 4.69) is 21.2 Å². The Morgan fingerprint density at radius 2 is 1.79 bits per heavy atom. The number of hydrogen-bond donors (Lipinski definition) is 1. The van der Waals surface area contributed by atoms with E-state index in [1.165, 1.54) is 12.0 Å². The van der Waals surface area contributed by atoms with Crippen LogP contribution in [-0.2, 0) is 26.2 Å². The monoisotopic (exact) mass is 553 g/mol. The third-order valence-electron chi connectivity index (χ3n) is 5.44. The van der Waals surface area contributed by atoms with Gasteiger partial charge in [-0.05, 0) is 50.1 Å². The van der Waals surface area contributed by atoms with Crippen LogP contribution in [0.5, 0.6) is 5.75 Å². The fourth-order valence-corrected chi connectivity index (χ4v) is 4.61. The molecule has 10 heteroatoms. The number of amides is 2. The van der Waals surface area contributed by atoms with Crippen LogP contribution in [0.15, 0.2) is 53.0 Å². The maximum atomic E-state index is 13.6. The summed E-state index contributed by atoms with van der Waals surface area (Å²) in [6.07, 6.45) is 1.78. The van der Waals surface area contributed by atoms with E-state index in [9.17, 15) is 18.0 Å². The van der Waals surface area contributed by atoms with Crippen LogP contribution in [0, 0.1) is 0 Å². The van der Waals surface area contributed by atoms with E-state index in [1.807, 2.05) is 38.1 Å². The van der Waals surface area contributed by atoms with Crippen molar-refractivity contribution < 1.29 is 22.7 Å². The van der Waals surface area contributed by atoms with Crippen molar-refractivity contribution in [2.24, 2.45) is 0 Å². The Labute approximate surface area is 210 Å². The number of para-hydroxylation sites is 2. The van der Waals surface area contributed by atoms with Crippen molar-refractivity contribution in [1.29, 1.82) is 0 Å². The third-order valence-corrected chi connectivity index (χ3v) is 7.06. The minimum atomic E-state index is -3.83. The number of carbonyl (C=O) groups excluding carboxylic acids is 2. The van der Waals surface area contributed by atoms with Gasteiger partial charge in [-0.3, -0.25) is 13.9 Å². The molecule has 0 saturated carbocycles. The van der Waals surface area contributed by atoms with Gasteiger partial charge in [0.05, 0.1) is 19.1 Å². The molecule has 0 radical (unpaired) electrons. The van der Waals surface area contributed by atoms with Crippen molar-refractivity contribution in [3.05, 3.63) is 58.6 Å². The minimum absolute atomic E-state index is 0.0566. The van der Waals surface area contributed by atoms with Crippen molar-refractivity contribution in [3.8, 4) is 5.75 Å². The summed E-state index contributed by atoms with van der Waals surface area (Å²) in [5, 5.41) is 2.90. The van der Waals surface area contributed by atoms with Crippen molar-refractivity contribution in [3.63, 3.8) is 0 Å². The van der Waals surface area contributed by atoms with E-state index >= 15 is 0 Å². The van der Waals surface area contributed by atoms with Crippen LogP contribution in [0.2, 0.25) is 0 Å². The highest BCUT2D eigenvalue weighted by molar-refractivity contribution is 9.10. The second-order valence-corrected chi connectivity index (χ2v) is 10.9. The van der Waals surface area contributed by atoms with Crippen molar-refractivity contribution in [2.45, 2.75) is 45.8 Å². The summed E-state index contributed by atoms with van der Waals surface area (Å²) in [6, 6.07) is 13.1. The number of benzene rings is 2.